The lowest BCUT2D eigenvalue weighted by atomic mass is 9.78. The van der Waals surface area contributed by atoms with E-state index in [1.54, 1.807) is 6.07 Å². The predicted molar refractivity (Wildman–Crippen MR) is 162 cm³/mol. The minimum absolute atomic E-state index is 0.127. The van der Waals surface area contributed by atoms with Crippen LogP contribution in [0, 0.1) is 13.8 Å². The van der Waals surface area contributed by atoms with Crippen molar-refractivity contribution in [3.63, 3.8) is 0 Å². The maximum Gasteiger partial charge on any atom is 0.262 e. The summed E-state index contributed by atoms with van der Waals surface area (Å²) in [6.07, 6.45) is 4.92. The highest BCUT2D eigenvalue weighted by Crippen LogP contribution is 2.42. The van der Waals surface area contributed by atoms with E-state index in [1.807, 2.05) is 62.5 Å². The first-order valence-corrected chi connectivity index (χ1v) is 15.2. The number of anilines is 2. The van der Waals surface area contributed by atoms with Crippen LogP contribution < -0.4 is 10.0 Å². The predicted octanol–water partition coefficient (Wildman–Crippen LogP) is 6.00. The monoisotopic (exact) mass is 555 g/mol. The van der Waals surface area contributed by atoms with Gasteiger partial charge in [-0.3, -0.25) is 4.72 Å². The standard InChI is InChI=1S/C32H37N5O2S/c1-22-11-12-23(2)30(19-22)40(38,39)36-26-15-13-24(14-16-26)29-20-25-21-34-32(33-17-7-8-18-37(3)4)35-31(25)28-10-6-5-9-27(28)29/h5-6,9-16,19,21,29,36H,7-8,17-18,20H2,1-4H3,(H,33,34,35). The van der Waals surface area contributed by atoms with Gasteiger partial charge in [0.2, 0.25) is 5.95 Å². The summed E-state index contributed by atoms with van der Waals surface area (Å²) in [5, 5.41) is 3.39. The second-order valence-electron chi connectivity index (χ2n) is 10.8. The van der Waals surface area contributed by atoms with Crippen molar-refractivity contribution in [1.82, 2.24) is 14.9 Å². The number of sulfonamides is 1. The number of hydrogen-bond acceptors (Lipinski definition) is 6. The molecule has 1 atom stereocenters. The molecule has 0 fully saturated rings. The lowest BCUT2D eigenvalue weighted by molar-refractivity contribution is 0.396. The number of aryl methyl sites for hydroxylation is 2. The van der Waals surface area contributed by atoms with Crippen LogP contribution in [-0.4, -0.2) is 50.5 Å². The summed E-state index contributed by atoms with van der Waals surface area (Å²) in [5.74, 6) is 0.791. The normalized spacial score (nSPS) is 14.5. The van der Waals surface area contributed by atoms with E-state index in [-0.39, 0.29) is 5.92 Å². The van der Waals surface area contributed by atoms with Gasteiger partial charge in [-0.25, -0.2) is 18.4 Å². The smallest absolute Gasteiger partial charge is 0.262 e. The molecule has 1 heterocycles. The number of unbranched alkanes of at least 4 members (excludes halogenated alkanes) is 1. The third-order valence-corrected chi connectivity index (χ3v) is 8.92. The summed E-state index contributed by atoms with van der Waals surface area (Å²) >= 11 is 0. The van der Waals surface area contributed by atoms with E-state index in [4.69, 9.17) is 4.98 Å². The molecule has 0 saturated heterocycles. The highest BCUT2D eigenvalue weighted by molar-refractivity contribution is 7.92. The highest BCUT2D eigenvalue weighted by atomic mass is 32.2. The first-order chi connectivity index (χ1) is 19.2. The Bertz CT molecular complexity index is 1600. The minimum Gasteiger partial charge on any atom is -0.354 e. The number of rotatable bonds is 10. The largest absolute Gasteiger partial charge is 0.354 e. The van der Waals surface area contributed by atoms with Crippen LogP contribution in [0.3, 0.4) is 0 Å². The van der Waals surface area contributed by atoms with Crippen molar-refractivity contribution in [2.45, 2.75) is 43.9 Å². The first kappa shape index (κ1) is 27.8. The third kappa shape index (κ3) is 6.18. The van der Waals surface area contributed by atoms with Crippen LogP contribution in [0.25, 0.3) is 11.3 Å². The molecular weight excluding hydrogens is 518 g/mol. The molecule has 4 aromatic rings. The molecule has 0 saturated carbocycles. The molecule has 40 heavy (non-hydrogen) atoms. The van der Waals surface area contributed by atoms with Crippen molar-refractivity contribution >= 4 is 21.7 Å². The van der Waals surface area contributed by atoms with E-state index in [2.05, 4.69) is 52.2 Å². The summed E-state index contributed by atoms with van der Waals surface area (Å²) in [5.41, 5.74) is 7.72. The Morgan fingerprint density at radius 1 is 0.975 bits per heavy atom. The van der Waals surface area contributed by atoms with Crippen LogP contribution in [0.5, 0.6) is 0 Å². The van der Waals surface area contributed by atoms with Crippen LogP contribution in [0.15, 0.2) is 77.8 Å². The summed E-state index contributed by atoms with van der Waals surface area (Å²) < 4.78 is 28.9. The Hall–Kier alpha value is -3.75. The van der Waals surface area contributed by atoms with Gasteiger partial charge in [0.15, 0.2) is 0 Å². The average molecular weight is 556 g/mol. The second-order valence-corrected chi connectivity index (χ2v) is 12.5. The summed E-state index contributed by atoms with van der Waals surface area (Å²) in [6.45, 7) is 5.62. The van der Waals surface area contributed by atoms with Crippen molar-refractivity contribution in [1.29, 1.82) is 0 Å². The van der Waals surface area contributed by atoms with E-state index in [9.17, 15) is 8.42 Å². The van der Waals surface area contributed by atoms with Crippen molar-refractivity contribution < 1.29 is 8.42 Å². The molecule has 0 spiro atoms. The maximum absolute atomic E-state index is 13.1. The SMILES string of the molecule is Cc1ccc(C)c(S(=O)(=O)Nc2ccc(C3Cc4cnc(NCCCCN(C)C)nc4-c4ccccc43)cc2)c1. The Morgan fingerprint density at radius 3 is 2.52 bits per heavy atom. The Labute approximate surface area is 237 Å². The number of nitrogens with one attached hydrogen (secondary N) is 2. The third-order valence-electron chi connectivity index (χ3n) is 7.39. The number of aromatic nitrogens is 2. The highest BCUT2D eigenvalue weighted by Gasteiger charge is 2.27. The fourth-order valence-electron chi connectivity index (χ4n) is 5.26. The number of nitrogens with zero attached hydrogens (tertiary/aromatic N) is 3. The zero-order valence-corrected chi connectivity index (χ0v) is 24.4. The summed E-state index contributed by atoms with van der Waals surface area (Å²) in [4.78, 5) is 12.0. The fourth-order valence-corrected chi connectivity index (χ4v) is 6.65. The van der Waals surface area contributed by atoms with Gasteiger partial charge < -0.3 is 10.2 Å². The summed E-state index contributed by atoms with van der Waals surface area (Å²) in [6, 6.07) is 21.6. The average Bonchev–Trinajstić information content (AvgIpc) is 2.94. The molecule has 5 rings (SSSR count). The fraction of sp³-hybridized carbons (Fsp3) is 0.312. The van der Waals surface area contributed by atoms with E-state index < -0.39 is 10.0 Å². The Balaban J connectivity index is 1.34. The van der Waals surface area contributed by atoms with Crippen molar-refractivity contribution in [3.8, 4) is 11.3 Å². The number of benzene rings is 3. The van der Waals surface area contributed by atoms with Gasteiger partial charge >= 0.3 is 0 Å². The second kappa shape index (κ2) is 11.8. The lowest BCUT2D eigenvalue weighted by Crippen LogP contribution is -2.17. The van der Waals surface area contributed by atoms with Gasteiger partial charge in [-0.15, -0.1) is 0 Å². The quantitative estimate of drug-likeness (QED) is 0.233. The van der Waals surface area contributed by atoms with Crippen LogP contribution in [0.2, 0.25) is 0 Å². The van der Waals surface area contributed by atoms with Gasteiger partial charge in [0.1, 0.15) is 0 Å². The molecule has 0 amide bonds. The van der Waals surface area contributed by atoms with E-state index in [1.165, 1.54) is 5.56 Å². The molecule has 1 aromatic heterocycles. The van der Waals surface area contributed by atoms with Crippen LogP contribution in [0.4, 0.5) is 11.6 Å². The van der Waals surface area contributed by atoms with Crippen LogP contribution in [0.1, 0.15) is 46.6 Å². The van der Waals surface area contributed by atoms with Crippen molar-refractivity contribution in [3.05, 3.63) is 101 Å². The van der Waals surface area contributed by atoms with Crippen molar-refractivity contribution in [2.24, 2.45) is 0 Å². The minimum atomic E-state index is -3.69. The molecule has 7 nitrogen and oxygen atoms in total. The van der Waals surface area contributed by atoms with E-state index >= 15 is 0 Å². The molecule has 1 aliphatic rings. The molecular formula is C32H37N5O2S. The summed E-state index contributed by atoms with van der Waals surface area (Å²) in [7, 11) is 0.497. The van der Waals surface area contributed by atoms with Gasteiger partial charge in [-0.05, 0) is 99.8 Å². The molecule has 3 aromatic carbocycles. The maximum atomic E-state index is 13.1. The van der Waals surface area contributed by atoms with Crippen LogP contribution >= 0.6 is 0 Å². The van der Waals surface area contributed by atoms with Gasteiger partial charge in [0.05, 0.1) is 10.6 Å². The van der Waals surface area contributed by atoms with Gasteiger partial charge in [0, 0.05) is 29.9 Å². The first-order valence-electron chi connectivity index (χ1n) is 13.7. The van der Waals surface area contributed by atoms with Gasteiger partial charge in [-0.1, -0.05) is 48.5 Å². The van der Waals surface area contributed by atoms with E-state index in [0.29, 0.717) is 16.5 Å². The molecule has 1 unspecified atom stereocenters. The van der Waals surface area contributed by atoms with Gasteiger partial charge in [-0.2, -0.15) is 0 Å². The van der Waals surface area contributed by atoms with Gasteiger partial charge in [0.25, 0.3) is 10.0 Å². The number of fused-ring (bicyclic) bond motifs is 3. The molecule has 8 heteroatoms. The lowest BCUT2D eigenvalue weighted by Gasteiger charge is -2.27. The Kier molecular flexibility index (Phi) is 8.19. The molecule has 2 N–H and O–H groups in total. The zero-order valence-electron chi connectivity index (χ0n) is 23.6. The molecule has 1 aliphatic carbocycles. The molecule has 0 radical (unpaired) electrons. The molecule has 0 aliphatic heterocycles. The number of hydrogen-bond donors (Lipinski definition) is 2. The van der Waals surface area contributed by atoms with Crippen LogP contribution in [-0.2, 0) is 16.4 Å². The topological polar surface area (TPSA) is 87.2 Å². The molecule has 208 valence electrons. The molecule has 0 bridgehead atoms. The van der Waals surface area contributed by atoms with E-state index in [0.717, 1.165) is 65.9 Å². The van der Waals surface area contributed by atoms with Crippen molar-refractivity contribution in [2.75, 3.05) is 37.2 Å². The zero-order chi connectivity index (χ0) is 28.3. The Morgan fingerprint density at radius 2 is 1.75 bits per heavy atom.